The number of benzene rings is 1. The maximum atomic E-state index is 13.8. The van der Waals surface area contributed by atoms with Crippen molar-refractivity contribution in [3.05, 3.63) is 41.0 Å². The standard InChI is InChI=1S/C13H12FNO2S2/c1-2-17-13(16)8-6-11(9(14)7-10(8)15)19-12-4-3-5-18-12/h3-7H,2,15H2,1H3. The van der Waals surface area contributed by atoms with Gasteiger partial charge in [0.2, 0.25) is 0 Å². The minimum atomic E-state index is -0.534. The third-order valence-electron chi connectivity index (χ3n) is 2.31. The number of nitrogens with two attached hydrogens (primary N) is 1. The number of ether oxygens (including phenoxy) is 1. The number of anilines is 1. The van der Waals surface area contributed by atoms with Crippen LogP contribution in [0.5, 0.6) is 0 Å². The molecule has 0 saturated heterocycles. The summed E-state index contributed by atoms with van der Waals surface area (Å²) in [4.78, 5) is 12.1. The van der Waals surface area contributed by atoms with Crippen LogP contribution in [-0.4, -0.2) is 12.6 Å². The minimum absolute atomic E-state index is 0.0893. The molecule has 6 heteroatoms. The number of carbonyl (C=O) groups excluding carboxylic acids is 1. The lowest BCUT2D eigenvalue weighted by atomic mass is 10.2. The van der Waals surface area contributed by atoms with E-state index >= 15 is 0 Å². The zero-order valence-corrected chi connectivity index (χ0v) is 11.8. The van der Waals surface area contributed by atoms with E-state index in [1.807, 2.05) is 17.5 Å². The maximum absolute atomic E-state index is 13.8. The van der Waals surface area contributed by atoms with Crippen LogP contribution in [0.25, 0.3) is 0 Å². The van der Waals surface area contributed by atoms with Gasteiger partial charge in [-0.05, 0) is 30.5 Å². The van der Waals surface area contributed by atoms with Crippen molar-refractivity contribution in [1.82, 2.24) is 0 Å². The molecule has 2 rings (SSSR count). The first-order valence-electron chi connectivity index (χ1n) is 5.59. The van der Waals surface area contributed by atoms with Crippen molar-refractivity contribution in [2.24, 2.45) is 0 Å². The van der Waals surface area contributed by atoms with E-state index in [1.165, 1.54) is 29.2 Å². The highest BCUT2D eigenvalue weighted by atomic mass is 32.2. The monoisotopic (exact) mass is 297 g/mol. The Morgan fingerprint density at radius 1 is 1.53 bits per heavy atom. The lowest BCUT2D eigenvalue weighted by Gasteiger charge is -2.08. The van der Waals surface area contributed by atoms with Crippen molar-refractivity contribution in [2.75, 3.05) is 12.3 Å². The van der Waals surface area contributed by atoms with Crippen LogP contribution in [0.4, 0.5) is 10.1 Å². The Hall–Kier alpha value is -1.53. The second-order valence-corrected chi connectivity index (χ2v) is 5.91. The molecule has 1 aromatic carbocycles. The van der Waals surface area contributed by atoms with Gasteiger partial charge in [-0.15, -0.1) is 11.3 Å². The number of nitrogen functional groups attached to an aromatic ring is 1. The molecule has 1 aromatic heterocycles. The van der Waals surface area contributed by atoms with Crippen LogP contribution in [0.2, 0.25) is 0 Å². The molecule has 100 valence electrons. The van der Waals surface area contributed by atoms with E-state index in [2.05, 4.69) is 0 Å². The highest BCUT2D eigenvalue weighted by Gasteiger charge is 2.16. The predicted octanol–water partition coefficient (Wildman–Crippen LogP) is 3.80. The van der Waals surface area contributed by atoms with Gasteiger partial charge >= 0.3 is 5.97 Å². The summed E-state index contributed by atoms with van der Waals surface area (Å²) >= 11 is 2.76. The minimum Gasteiger partial charge on any atom is -0.462 e. The van der Waals surface area contributed by atoms with Crippen molar-refractivity contribution >= 4 is 34.8 Å². The number of hydrogen-bond donors (Lipinski definition) is 1. The summed E-state index contributed by atoms with van der Waals surface area (Å²) in [7, 11) is 0. The number of thiophene rings is 1. The highest BCUT2D eigenvalue weighted by Crippen LogP contribution is 2.35. The van der Waals surface area contributed by atoms with Gasteiger partial charge in [0.15, 0.2) is 0 Å². The number of esters is 1. The van der Waals surface area contributed by atoms with Gasteiger partial charge in [0.25, 0.3) is 0 Å². The molecule has 0 amide bonds. The van der Waals surface area contributed by atoms with Gasteiger partial charge in [0.1, 0.15) is 5.82 Å². The predicted molar refractivity (Wildman–Crippen MR) is 75.2 cm³/mol. The number of carbonyl (C=O) groups is 1. The molecule has 1 heterocycles. The Bertz CT molecular complexity index is 585. The summed E-state index contributed by atoms with van der Waals surface area (Å²) in [5.41, 5.74) is 5.93. The average molecular weight is 297 g/mol. The second-order valence-electron chi connectivity index (χ2n) is 3.62. The van der Waals surface area contributed by atoms with Gasteiger partial charge in [0, 0.05) is 10.6 Å². The van der Waals surface area contributed by atoms with E-state index in [4.69, 9.17) is 10.5 Å². The molecule has 0 aliphatic carbocycles. The molecule has 2 N–H and O–H groups in total. The number of halogens is 1. The normalized spacial score (nSPS) is 10.4. The lowest BCUT2D eigenvalue weighted by molar-refractivity contribution is 0.0527. The van der Waals surface area contributed by atoms with E-state index < -0.39 is 11.8 Å². The second kappa shape index (κ2) is 6.08. The Morgan fingerprint density at radius 3 is 2.95 bits per heavy atom. The van der Waals surface area contributed by atoms with Crippen LogP contribution >= 0.6 is 23.1 Å². The fourth-order valence-electron chi connectivity index (χ4n) is 1.46. The molecule has 0 radical (unpaired) electrons. The molecule has 0 unspecified atom stereocenters. The molecule has 0 saturated carbocycles. The molecule has 0 aliphatic heterocycles. The van der Waals surface area contributed by atoms with Crippen LogP contribution in [0, 0.1) is 5.82 Å². The maximum Gasteiger partial charge on any atom is 0.340 e. The van der Waals surface area contributed by atoms with Crippen molar-refractivity contribution < 1.29 is 13.9 Å². The number of hydrogen-bond acceptors (Lipinski definition) is 5. The van der Waals surface area contributed by atoms with E-state index in [9.17, 15) is 9.18 Å². The summed E-state index contributed by atoms with van der Waals surface area (Å²) in [6.45, 7) is 1.96. The van der Waals surface area contributed by atoms with Crippen LogP contribution < -0.4 is 5.73 Å². The molecule has 0 spiro atoms. The van der Waals surface area contributed by atoms with Crippen molar-refractivity contribution in [1.29, 1.82) is 0 Å². The molecule has 0 aliphatic rings. The average Bonchev–Trinajstić information content (AvgIpc) is 2.85. The van der Waals surface area contributed by atoms with E-state index in [1.54, 1.807) is 6.92 Å². The molecule has 2 aromatic rings. The first-order chi connectivity index (χ1) is 9.11. The summed E-state index contributed by atoms with van der Waals surface area (Å²) in [5.74, 6) is -0.975. The molecule has 0 bridgehead atoms. The molecule has 19 heavy (non-hydrogen) atoms. The zero-order valence-electron chi connectivity index (χ0n) is 10.2. The largest absolute Gasteiger partial charge is 0.462 e. The molecule has 0 fully saturated rings. The third kappa shape index (κ3) is 3.27. The quantitative estimate of drug-likeness (QED) is 0.689. The van der Waals surface area contributed by atoms with Gasteiger partial charge in [-0.2, -0.15) is 0 Å². The van der Waals surface area contributed by atoms with Crippen LogP contribution in [0.3, 0.4) is 0 Å². The zero-order chi connectivity index (χ0) is 13.8. The molecule has 3 nitrogen and oxygen atoms in total. The van der Waals surface area contributed by atoms with Crippen molar-refractivity contribution in [3.8, 4) is 0 Å². The topological polar surface area (TPSA) is 52.3 Å². The van der Waals surface area contributed by atoms with E-state index in [0.29, 0.717) is 4.90 Å². The smallest absolute Gasteiger partial charge is 0.340 e. The first-order valence-corrected chi connectivity index (χ1v) is 7.29. The lowest BCUT2D eigenvalue weighted by Crippen LogP contribution is -2.08. The summed E-state index contributed by atoms with van der Waals surface area (Å²) in [5, 5.41) is 1.91. The Morgan fingerprint density at radius 2 is 2.32 bits per heavy atom. The first kappa shape index (κ1) is 13.9. The SMILES string of the molecule is CCOC(=O)c1cc(Sc2cccs2)c(F)cc1N. The summed E-state index contributed by atoms with van der Waals surface area (Å²) in [6.07, 6.45) is 0. The van der Waals surface area contributed by atoms with Crippen LogP contribution in [0.1, 0.15) is 17.3 Å². The Kier molecular flexibility index (Phi) is 4.44. The van der Waals surface area contributed by atoms with Crippen molar-refractivity contribution in [2.45, 2.75) is 16.0 Å². The Labute approximate surface area is 118 Å². The highest BCUT2D eigenvalue weighted by molar-refractivity contribution is 8.01. The van der Waals surface area contributed by atoms with Gasteiger partial charge in [0.05, 0.1) is 16.4 Å². The van der Waals surface area contributed by atoms with Crippen molar-refractivity contribution in [3.63, 3.8) is 0 Å². The van der Waals surface area contributed by atoms with E-state index in [0.717, 1.165) is 10.3 Å². The third-order valence-corrected chi connectivity index (χ3v) is 4.38. The Balaban J connectivity index is 2.33. The van der Waals surface area contributed by atoms with Gasteiger partial charge in [-0.3, -0.25) is 0 Å². The van der Waals surface area contributed by atoms with Gasteiger partial charge < -0.3 is 10.5 Å². The van der Waals surface area contributed by atoms with Crippen LogP contribution in [0.15, 0.2) is 38.8 Å². The molecular weight excluding hydrogens is 285 g/mol. The summed E-state index contributed by atoms with van der Waals surface area (Å²) in [6, 6.07) is 6.36. The molecule has 0 atom stereocenters. The van der Waals surface area contributed by atoms with Gasteiger partial charge in [-0.1, -0.05) is 17.8 Å². The fourth-order valence-corrected chi connectivity index (χ4v) is 3.24. The van der Waals surface area contributed by atoms with Gasteiger partial charge in [-0.25, -0.2) is 9.18 Å². The molecular formula is C13H12FNO2S2. The van der Waals surface area contributed by atoms with Crippen LogP contribution in [-0.2, 0) is 4.74 Å². The summed E-state index contributed by atoms with van der Waals surface area (Å²) < 4.78 is 19.7. The number of rotatable bonds is 4. The van der Waals surface area contributed by atoms with E-state index in [-0.39, 0.29) is 17.9 Å². The fraction of sp³-hybridized carbons (Fsp3) is 0.154.